The van der Waals surface area contributed by atoms with Crippen LogP contribution in [-0.2, 0) is 16.6 Å². The van der Waals surface area contributed by atoms with Gasteiger partial charge in [-0.05, 0) is 19.9 Å². The molecule has 0 bridgehead atoms. The molecule has 0 unspecified atom stereocenters. The highest BCUT2D eigenvalue weighted by Crippen LogP contribution is 2.37. The van der Waals surface area contributed by atoms with Gasteiger partial charge in [0.05, 0.1) is 24.7 Å². The monoisotopic (exact) mass is 430 g/mol. The van der Waals surface area contributed by atoms with Gasteiger partial charge in [0.15, 0.2) is 0 Å². The molecule has 1 saturated heterocycles. The highest BCUT2D eigenvalue weighted by atomic mass is 32.2. The van der Waals surface area contributed by atoms with Gasteiger partial charge in [-0.2, -0.15) is 4.31 Å². The van der Waals surface area contributed by atoms with Crippen LogP contribution in [0.4, 0.5) is 0 Å². The van der Waals surface area contributed by atoms with E-state index in [1.54, 1.807) is 11.1 Å². The Hall–Kier alpha value is -2.52. The van der Waals surface area contributed by atoms with Crippen molar-refractivity contribution < 1.29 is 17.9 Å². The number of benzene rings is 1. The van der Waals surface area contributed by atoms with Crippen LogP contribution in [0.1, 0.15) is 40.2 Å². The van der Waals surface area contributed by atoms with Gasteiger partial charge in [0.1, 0.15) is 17.0 Å². The van der Waals surface area contributed by atoms with Crippen molar-refractivity contribution in [3.63, 3.8) is 0 Å². The Morgan fingerprint density at radius 3 is 2.50 bits per heavy atom. The average Bonchev–Trinajstić information content (AvgIpc) is 2.85. The standard InChI is InChI=1S/C21H26N4O4S/c1-15-4-5-19-17(10-15)13-25(30(3,27)28)14-21(29-19)6-8-24(9-7-21)20(26)18-12-22-16(2)11-23-18/h4-5,10-12H,6-9,13-14H2,1-3H3. The van der Waals surface area contributed by atoms with Crippen molar-refractivity contribution in [2.75, 3.05) is 25.9 Å². The molecule has 1 aromatic heterocycles. The molecule has 8 nitrogen and oxygen atoms in total. The van der Waals surface area contributed by atoms with Gasteiger partial charge in [-0.25, -0.2) is 13.4 Å². The van der Waals surface area contributed by atoms with E-state index in [-0.39, 0.29) is 12.5 Å². The van der Waals surface area contributed by atoms with Gasteiger partial charge in [-0.15, -0.1) is 0 Å². The maximum Gasteiger partial charge on any atom is 0.274 e. The first-order valence-corrected chi connectivity index (χ1v) is 11.8. The second kappa shape index (κ2) is 7.63. The lowest BCUT2D eigenvalue weighted by Gasteiger charge is -2.42. The first-order chi connectivity index (χ1) is 14.2. The number of likely N-dealkylation sites (tertiary alicyclic amines) is 1. The van der Waals surface area contributed by atoms with Crippen LogP contribution in [0.15, 0.2) is 30.6 Å². The van der Waals surface area contributed by atoms with Gasteiger partial charge in [0.2, 0.25) is 10.0 Å². The summed E-state index contributed by atoms with van der Waals surface area (Å²) < 4.78 is 32.8. The van der Waals surface area contributed by atoms with Crippen LogP contribution >= 0.6 is 0 Å². The van der Waals surface area contributed by atoms with E-state index in [9.17, 15) is 13.2 Å². The quantitative estimate of drug-likeness (QED) is 0.723. The van der Waals surface area contributed by atoms with Crippen molar-refractivity contribution in [1.29, 1.82) is 0 Å². The third-order valence-electron chi connectivity index (χ3n) is 5.78. The van der Waals surface area contributed by atoms with Crippen LogP contribution in [0.2, 0.25) is 0 Å². The largest absolute Gasteiger partial charge is 0.485 e. The number of hydrogen-bond acceptors (Lipinski definition) is 6. The second-order valence-electron chi connectivity index (χ2n) is 8.26. The van der Waals surface area contributed by atoms with E-state index >= 15 is 0 Å². The van der Waals surface area contributed by atoms with Gasteiger partial charge < -0.3 is 9.64 Å². The van der Waals surface area contributed by atoms with Crippen LogP contribution in [0.3, 0.4) is 0 Å². The van der Waals surface area contributed by atoms with Crippen molar-refractivity contribution in [3.8, 4) is 5.75 Å². The molecule has 0 saturated carbocycles. The molecule has 0 aliphatic carbocycles. The predicted molar refractivity (Wildman–Crippen MR) is 112 cm³/mol. The molecule has 3 heterocycles. The highest BCUT2D eigenvalue weighted by Gasteiger charge is 2.43. The molecule has 1 fully saturated rings. The molecule has 4 rings (SSSR count). The first kappa shape index (κ1) is 20.7. The fourth-order valence-corrected chi connectivity index (χ4v) is 4.88. The van der Waals surface area contributed by atoms with Crippen LogP contribution < -0.4 is 4.74 Å². The van der Waals surface area contributed by atoms with E-state index in [1.807, 2.05) is 32.0 Å². The number of sulfonamides is 1. The molecule has 160 valence electrons. The van der Waals surface area contributed by atoms with E-state index in [2.05, 4.69) is 9.97 Å². The third-order valence-corrected chi connectivity index (χ3v) is 6.98. The lowest BCUT2D eigenvalue weighted by Crippen LogP contribution is -2.55. The summed E-state index contributed by atoms with van der Waals surface area (Å²) in [5.74, 6) is 0.554. The Labute approximate surface area is 176 Å². The van der Waals surface area contributed by atoms with Crippen LogP contribution in [0.5, 0.6) is 5.75 Å². The van der Waals surface area contributed by atoms with Gasteiger partial charge in [0.25, 0.3) is 5.91 Å². The van der Waals surface area contributed by atoms with E-state index in [1.165, 1.54) is 16.8 Å². The summed E-state index contributed by atoms with van der Waals surface area (Å²) in [6.45, 7) is 5.29. The summed E-state index contributed by atoms with van der Waals surface area (Å²) in [6.07, 6.45) is 5.38. The zero-order chi connectivity index (χ0) is 21.5. The molecule has 9 heteroatoms. The normalized spacial score (nSPS) is 19.1. The van der Waals surface area contributed by atoms with Crippen molar-refractivity contribution in [2.24, 2.45) is 0 Å². The number of aromatic nitrogens is 2. The van der Waals surface area contributed by atoms with Crippen molar-refractivity contribution in [1.82, 2.24) is 19.2 Å². The molecular weight excluding hydrogens is 404 g/mol. The van der Waals surface area contributed by atoms with Gasteiger partial charge in [-0.3, -0.25) is 9.78 Å². The minimum atomic E-state index is -3.40. The number of nitrogens with zero attached hydrogens (tertiary/aromatic N) is 4. The Morgan fingerprint density at radius 2 is 1.87 bits per heavy atom. The molecular formula is C21H26N4O4S. The number of piperidine rings is 1. The smallest absolute Gasteiger partial charge is 0.274 e. The third kappa shape index (κ3) is 4.17. The second-order valence-corrected chi connectivity index (χ2v) is 10.2. The van der Waals surface area contributed by atoms with Gasteiger partial charge in [-0.1, -0.05) is 17.7 Å². The average molecular weight is 431 g/mol. The summed E-state index contributed by atoms with van der Waals surface area (Å²) in [6, 6.07) is 5.86. The predicted octanol–water partition coefficient (Wildman–Crippen LogP) is 1.92. The lowest BCUT2D eigenvalue weighted by atomic mass is 9.90. The Balaban J connectivity index is 1.57. The SMILES string of the molecule is Cc1ccc2c(c1)CN(S(C)(=O)=O)CC1(CCN(C(=O)c3cnc(C)cn3)CC1)O2. The topological polar surface area (TPSA) is 92.7 Å². The maximum atomic E-state index is 12.8. The summed E-state index contributed by atoms with van der Waals surface area (Å²) in [5, 5.41) is 0. The van der Waals surface area contributed by atoms with Gasteiger partial charge >= 0.3 is 0 Å². The van der Waals surface area contributed by atoms with Crippen LogP contribution in [0.25, 0.3) is 0 Å². The zero-order valence-electron chi connectivity index (χ0n) is 17.5. The van der Waals surface area contributed by atoms with Crippen molar-refractivity contribution in [3.05, 3.63) is 53.1 Å². The summed E-state index contributed by atoms with van der Waals surface area (Å²) in [7, 11) is -3.40. The Kier molecular flexibility index (Phi) is 5.27. The van der Waals surface area contributed by atoms with E-state index in [0.717, 1.165) is 22.6 Å². The fraction of sp³-hybridized carbons (Fsp3) is 0.476. The number of fused-ring (bicyclic) bond motifs is 1. The van der Waals surface area contributed by atoms with E-state index < -0.39 is 15.6 Å². The molecule has 1 aromatic carbocycles. The number of rotatable bonds is 2. The molecule has 0 atom stereocenters. The molecule has 2 aromatic rings. The number of carbonyl (C=O) groups excluding carboxylic acids is 1. The number of ether oxygens (including phenoxy) is 1. The fourth-order valence-electron chi connectivity index (χ4n) is 4.04. The summed E-state index contributed by atoms with van der Waals surface area (Å²) >= 11 is 0. The molecule has 2 aliphatic rings. The lowest BCUT2D eigenvalue weighted by molar-refractivity contribution is -0.00267. The number of hydrogen-bond donors (Lipinski definition) is 0. The minimum Gasteiger partial charge on any atom is -0.485 e. The van der Waals surface area contributed by atoms with Crippen molar-refractivity contribution in [2.45, 2.75) is 38.8 Å². The molecule has 1 spiro atoms. The summed E-state index contributed by atoms with van der Waals surface area (Å²) in [5.41, 5.74) is 2.33. The molecule has 2 aliphatic heterocycles. The molecule has 1 amide bonds. The van der Waals surface area contributed by atoms with E-state index in [0.29, 0.717) is 38.2 Å². The minimum absolute atomic E-state index is 0.165. The highest BCUT2D eigenvalue weighted by molar-refractivity contribution is 7.88. The van der Waals surface area contributed by atoms with Crippen molar-refractivity contribution >= 4 is 15.9 Å². The zero-order valence-corrected chi connectivity index (χ0v) is 18.3. The van der Waals surface area contributed by atoms with E-state index in [4.69, 9.17) is 4.74 Å². The molecule has 0 N–H and O–H groups in total. The molecule has 0 radical (unpaired) electrons. The van der Waals surface area contributed by atoms with Crippen LogP contribution in [0, 0.1) is 13.8 Å². The Morgan fingerprint density at radius 1 is 1.13 bits per heavy atom. The van der Waals surface area contributed by atoms with Gasteiger partial charge in [0, 0.05) is 44.2 Å². The Bertz CT molecular complexity index is 1060. The molecule has 30 heavy (non-hydrogen) atoms. The maximum absolute atomic E-state index is 12.8. The number of aryl methyl sites for hydroxylation is 2. The number of amides is 1. The van der Waals surface area contributed by atoms with Crippen LogP contribution in [-0.4, -0.2) is 65.0 Å². The summed E-state index contributed by atoms with van der Waals surface area (Å²) in [4.78, 5) is 22.9. The first-order valence-electron chi connectivity index (χ1n) is 9.97. The number of carbonyl (C=O) groups is 1.